The zero-order chi connectivity index (χ0) is 15.8. The van der Waals surface area contributed by atoms with Gasteiger partial charge in [0.2, 0.25) is 0 Å². The van der Waals surface area contributed by atoms with E-state index in [0.29, 0.717) is 18.2 Å². The first-order chi connectivity index (χ1) is 10.7. The molecule has 0 radical (unpaired) electrons. The molecule has 0 saturated carbocycles. The molecule has 0 heterocycles. The molecule has 5 nitrogen and oxygen atoms in total. The number of nitrogens with one attached hydrogen (secondary N) is 3. The summed E-state index contributed by atoms with van der Waals surface area (Å²) in [4.78, 5) is 16.3. The standard InChI is InChI=1S/C17H24N4O.HI/c1-3-19-17(21-15-9-4-5-10-15)20-12-13-7-6-8-14(11-13)16(22)18-2;/h4-8,11,15H,3,9-10,12H2,1-2H3,(H,18,22)(H2,19,20,21);1H. The second kappa shape index (κ2) is 10.3. The predicted molar refractivity (Wildman–Crippen MR) is 105 cm³/mol. The smallest absolute Gasteiger partial charge is 0.251 e. The highest BCUT2D eigenvalue weighted by molar-refractivity contribution is 14.0. The molecule has 0 fully saturated rings. The maximum Gasteiger partial charge on any atom is 0.251 e. The van der Waals surface area contributed by atoms with Crippen LogP contribution in [0, 0.1) is 0 Å². The van der Waals surface area contributed by atoms with E-state index in [1.165, 1.54) is 0 Å². The number of hydrogen-bond acceptors (Lipinski definition) is 2. The third-order valence-corrected chi connectivity index (χ3v) is 3.53. The van der Waals surface area contributed by atoms with Crippen LogP contribution in [0.15, 0.2) is 41.4 Å². The summed E-state index contributed by atoms with van der Waals surface area (Å²) >= 11 is 0. The van der Waals surface area contributed by atoms with E-state index in [2.05, 4.69) is 40.0 Å². The number of guanidine groups is 1. The molecule has 0 atom stereocenters. The van der Waals surface area contributed by atoms with Crippen molar-refractivity contribution in [3.8, 4) is 0 Å². The molecule has 0 saturated heterocycles. The highest BCUT2D eigenvalue weighted by Crippen LogP contribution is 2.09. The number of hydrogen-bond donors (Lipinski definition) is 3. The molecule has 1 aliphatic carbocycles. The van der Waals surface area contributed by atoms with Crippen LogP contribution in [0.5, 0.6) is 0 Å². The van der Waals surface area contributed by atoms with E-state index in [9.17, 15) is 4.79 Å². The molecule has 3 N–H and O–H groups in total. The van der Waals surface area contributed by atoms with Gasteiger partial charge in [-0.2, -0.15) is 0 Å². The van der Waals surface area contributed by atoms with Gasteiger partial charge in [-0.3, -0.25) is 4.79 Å². The molecule has 0 aliphatic heterocycles. The van der Waals surface area contributed by atoms with E-state index in [1.54, 1.807) is 13.1 Å². The molecule has 1 aliphatic rings. The number of rotatable bonds is 5. The van der Waals surface area contributed by atoms with Crippen LogP contribution in [0.4, 0.5) is 0 Å². The zero-order valence-electron chi connectivity index (χ0n) is 13.6. The van der Waals surface area contributed by atoms with Crippen LogP contribution in [-0.2, 0) is 6.54 Å². The van der Waals surface area contributed by atoms with E-state index in [1.807, 2.05) is 18.2 Å². The number of nitrogens with zero attached hydrogens (tertiary/aromatic N) is 1. The minimum atomic E-state index is -0.0760. The molecule has 23 heavy (non-hydrogen) atoms. The lowest BCUT2D eigenvalue weighted by Crippen LogP contribution is -2.42. The number of benzene rings is 1. The summed E-state index contributed by atoms with van der Waals surface area (Å²) in [7, 11) is 1.63. The second-order valence-electron chi connectivity index (χ2n) is 5.26. The quantitative estimate of drug-likeness (QED) is 0.292. The molecule has 0 unspecified atom stereocenters. The van der Waals surface area contributed by atoms with Crippen molar-refractivity contribution in [2.45, 2.75) is 32.4 Å². The summed E-state index contributed by atoms with van der Waals surface area (Å²) in [5.41, 5.74) is 1.68. The molecule has 2 rings (SSSR count). The molecule has 1 amide bonds. The molecule has 0 aromatic heterocycles. The molecular weight excluding hydrogens is 403 g/mol. The van der Waals surface area contributed by atoms with Crippen molar-refractivity contribution in [3.63, 3.8) is 0 Å². The summed E-state index contributed by atoms with van der Waals surface area (Å²) in [6, 6.07) is 7.98. The van der Waals surface area contributed by atoms with Crippen LogP contribution in [0.2, 0.25) is 0 Å². The van der Waals surface area contributed by atoms with Crippen LogP contribution in [0.3, 0.4) is 0 Å². The molecule has 6 heteroatoms. The Balaban J connectivity index is 0.00000264. The van der Waals surface area contributed by atoms with Crippen LogP contribution >= 0.6 is 24.0 Å². The van der Waals surface area contributed by atoms with Gasteiger partial charge in [0.05, 0.1) is 6.54 Å². The van der Waals surface area contributed by atoms with E-state index >= 15 is 0 Å². The lowest BCUT2D eigenvalue weighted by atomic mass is 10.1. The highest BCUT2D eigenvalue weighted by atomic mass is 127. The van der Waals surface area contributed by atoms with Gasteiger partial charge in [-0.1, -0.05) is 24.3 Å². The van der Waals surface area contributed by atoms with Crippen molar-refractivity contribution in [1.29, 1.82) is 0 Å². The van der Waals surface area contributed by atoms with Crippen molar-refractivity contribution in [1.82, 2.24) is 16.0 Å². The lowest BCUT2D eigenvalue weighted by molar-refractivity contribution is 0.0963. The fourth-order valence-electron chi connectivity index (χ4n) is 2.37. The van der Waals surface area contributed by atoms with Gasteiger partial charge in [-0.25, -0.2) is 4.99 Å². The third kappa shape index (κ3) is 6.21. The van der Waals surface area contributed by atoms with Gasteiger partial charge < -0.3 is 16.0 Å². The number of aliphatic imine (C=N–C) groups is 1. The number of halogens is 1. The molecular formula is C17H25IN4O. The number of carbonyl (C=O) groups is 1. The molecule has 0 bridgehead atoms. The van der Waals surface area contributed by atoms with Gasteiger partial charge in [0.1, 0.15) is 0 Å². The fraction of sp³-hybridized carbons (Fsp3) is 0.412. The number of carbonyl (C=O) groups excluding carboxylic acids is 1. The van der Waals surface area contributed by atoms with Gasteiger partial charge in [-0.05, 0) is 37.5 Å². The van der Waals surface area contributed by atoms with E-state index in [-0.39, 0.29) is 29.9 Å². The zero-order valence-corrected chi connectivity index (χ0v) is 16.0. The van der Waals surface area contributed by atoms with Crippen molar-refractivity contribution >= 4 is 35.8 Å². The Labute approximate surface area is 155 Å². The van der Waals surface area contributed by atoms with E-state index in [0.717, 1.165) is 30.9 Å². The minimum Gasteiger partial charge on any atom is -0.357 e. The van der Waals surface area contributed by atoms with Gasteiger partial charge in [-0.15, -0.1) is 24.0 Å². The Morgan fingerprint density at radius 1 is 1.30 bits per heavy atom. The highest BCUT2D eigenvalue weighted by Gasteiger charge is 2.11. The Kier molecular flexibility index (Phi) is 8.68. The van der Waals surface area contributed by atoms with Crippen LogP contribution in [-0.4, -0.2) is 31.5 Å². The number of amides is 1. The van der Waals surface area contributed by atoms with E-state index in [4.69, 9.17) is 0 Å². The fourth-order valence-corrected chi connectivity index (χ4v) is 2.37. The molecule has 126 valence electrons. The summed E-state index contributed by atoms with van der Waals surface area (Å²) in [6.45, 7) is 3.42. The Bertz CT molecular complexity index is 563. The Hall–Kier alpha value is -1.57. The van der Waals surface area contributed by atoms with Crippen molar-refractivity contribution < 1.29 is 4.79 Å². The van der Waals surface area contributed by atoms with Crippen molar-refractivity contribution in [3.05, 3.63) is 47.5 Å². The van der Waals surface area contributed by atoms with Gasteiger partial charge in [0.25, 0.3) is 5.91 Å². The van der Waals surface area contributed by atoms with Gasteiger partial charge in [0, 0.05) is 25.2 Å². The summed E-state index contributed by atoms with van der Waals surface area (Å²) in [6.07, 6.45) is 6.45. The second-order valence-corrected chi connectivity index (χ2v) is 5.26. The van der Waals surface area contributed by atoms with Gasteiger partial charge >= 0.3 is 0 Å². The van der Waals surface area contributed by atoms with Gasteiger partial charge in [0.15, 0.2) is 5.96 Å². The molecule has 1 aromatic rings. The lowest BCUT2D eigenvalue weighted by Gasteiger charge is -2.16. The maximum atomic E-state index is 11.7. The van der Waals surface area contributed by atoms with Crippen LogP contribution in [0.1, 0.15) is 35.7 Å². The van der Waals surface area contributed by atoms with Crippen LogP contribution < -0.4 is 16.0 Å². The first-order valence-corrected chi connectivity index (χ1v) is 7.73. The topological polar surface area (TPSA) is 65.5 Å². The summed E-state index contributed by atoms with van der Waals surface area (Å²) in [5, 5.41) is 9.33. The monoisotopic (exact) mass is 428 g/mol. The largest absolute Gasteiger partial charge is 0.357 e. The van der Waals surface area contributed by atoms with E-state index < -0.39 is 0 Å². The molecule has 0 spiro atoms. The Morgan fingerprint density at radius 3 is 2.70 bits per heavy atom. The SMILES string of the molecule is CCNC(=NCc1cccc(C(=O)NC)c1)NC1CC=CC1.I. The first kappa shape index (κ1) is 19.5. The average Bonchev–Trinajstić information content (AvgIpc) is 3.05. The first-order valence-electron chi connectivity index (χ1n) is 7.73. The normalized spacial score (nSPS) is 14.3. The summed E-state index contributed by atoms with van der Waals surface area (Å²) < 4.78 is 0. The summed E-state index contributed by atoms with van der Waals surface area (Å²) in [5.74, 6) is 0.745. The Morgan fingerprint density at radius 2 is 2.04 bits per heavy atom. The minimum absolute atomic E-state index is 0. The molecule has 1 aromatic carbocycles. The predicted octanol–water partition coefficient (Wildman–Crippen LogP) is 2.44. The van der Waals surface area contributed by atoms with Crippen molar-refractivity contribution in [2.24, 2.45) is 4.99 Å². The van der Waals surface area contributed by atoms with Crippen molar-refractivity contribution in [2.75, 3.05) is 13.6 Å². The third-order valence-electron chi connectivity index (χ3n) is 3.53. The van der Waals surface area contributed by atoms with Crippen LogP contribution in [0.25, 0.3) is 0 Å². The maximum absolute atomic E-state index is 11.7. The average molecular weight is 428 g/mol.